The molecule has 5 nitrogen and oxygen atoms in total. The van der Waals surface area contributed by atoms with Gasteiger partial charge in [0.15, 0.2) is 0 Å². The maximum atomic E-state index is 12.4. The lowest BCUT2D eigenvalue weighted by atomic mass is 10.1. The Morgan fingerprint density at radius 1 is 1.30 bits per heavy atom. The average Bonchev–Trinajstić information content (AvgIpc) is 2.92. The number of pyridine rings is 1. The standard InChI is InChI=1S/C17H16BrN3O2/c1-11-5-4-8-19-16(11)20-17(23)12-9-15(22)21(10-12)14-7-3-2-6-13(14)18/h2-8,12H,9-10H2,1H3,(H,19,20,23)/t12-/m1/s1. The largest absolute Gasteiger partial charge is 0.310 e. The molecule has 0 radical (unpaired) electrons. The molecule has 1 aromatic carbocycles. The van der Waals surface area contributed by atoms with Gasteiger partial charge in [-0.05, 0) is 46.6 Å². The van der Waals surface area contributed by atoms with Crippen molar-refractivity contribution in [2.75, 3.05) is 16.8 Å². The lowest BCUT2D eigenvalue weighted by Crippen LogP contribution is -2.28. The first kappa shape index (κ1) is 15.7. The van der Waals surface area contributed by atoms with Crippen molar-refractivity contribution in [3.05, 3.63) is 52.6 Å². The molecule has 1 fully saturated rings. The fraction of sp³-hybridized carbons (Fsp3) is 0.235. The summed E-state index contributed by atoms with van der Waals surface area (Å²) in [5.41, 5.74) is 1.69. The van der Waals surface area contributed by atoms with Crippen molar-refractivity contribution in [2.24, 2.45) is 5.92 Å². The number of amides is 2. The SMILES string of the molecule is Cc1cccnc1NC(=O)[C@@H]1CC(=O)N(c2ccccc2Br)C1. The van der Waals surface area contributed by atoms with Crippen LogP contribution >= 0.6 is 15.9 Å². The van der Waals surface area contributed by atoms with E-state index < -0.39 is 0 Å². The summed E-state index contributed by atoms with van der Waals surface area (Å²) >= 11 is 3.45. The van der Waals surface area contributed by atoms with Gasteiger partial charge in [-0.15, -0.1) is 0 Å². The van der Waals surface area contributed by atoms with Gasteiger partial charge in [-0.3, -0.25) is 9.59 Å². The third-order valence-corrected chi connectivity index (χ3v) is 4.56. The second kappa shape index (κ2) is 6.50. The second-order valence-electron chi connectivity index (χ2n) is 5.51. The molecule has 23 heavy (non-hydrogen) atoms. The van der Waals surface area contributed by atoms with Crippen LogP contribution in [-0.2, 0) is 9.59 Å². The Kier molecular flexibility index (Phi) is 4.43. The van der Waals surface area contributed by atoms with Crippen LogP contribution in [-0.4, -0.2) is 23.3 Å². The van der Waals surface area contributed by atoms with Crippen LogP contribution in [0.5, 0.6) is 0 Å². The maximum Gasteiger partial charge on any atom is 0.230 e. The third kappa shape index (κ3) is 3.27. The number of rotatable bonds is 3. The first-order valence-corrected chi connectivity index (χ1v) is 8.13. The Labute approximate surface area is 142 Å². The Morgan fingerprint density at radius 2 is 2.09 bits per heavy atom. The first-order valence-electron chi connectivity index (χ1n) is 7.33. The van der Waals surface area contributed by atoms with E-state index in [4.69, 9.17) is 0 Å². The van der Waals surface area contributed by atoms with E-state index in [1.165, 1.54) is 0 Å². The third-order valence-electron chi connectivity index (χ3n) is 3.89. The van der Waals surface area contributed by atoms with Crippen LogP contribution in [0.15, 0.2) is 47.1 Å². The van der Waals surface area contributed by atoms with Gasteiger partial charge in [-0.1, -0.05) is 18.2 Å². The topological polar surface area (TPSA) is 62.3 Å². The molecule has 1 aliphatic heterocycles. The molecule has 3 rings (SSSR count). The molecule has 0 bridgehead atoms. The number of para-hydroxylation sites is 1. The average molecular weight is 374 g/mol. The quantitative estimate of drug-likeness (QED) is 0.898. The lowest BCUT2D eigenvalue weighted by Gasteiger charge is -2.18. The summed E-state index contributed by atoms with van der Waals surface area (Å²) in [6, 6.07) is 11.2. The van der Waals surface area contributed by atoms with Crippen molar-refractivity contribution in [2.45, 2.75) is 13.3 Å². The van der Waals surface area contributed by atoms with Gasteiger partial charge < -0.3 is 10.2 Å². The summed E-state index contributed by atoms with van der Waals surface area (Å²) in [6.45, 7) is 2.26. The van der Waals surface area contributed by atoms with Crippen LogP contribution in [0.3, 0.4) is 0 Å². The highest BCUT2D eigenvalue weighted by atomic mass is 79.9. The zero-order chi connectivity index (χ0) is 16.4. The van der Waals surface area contributed by atoms with Crippen molar-refractivity contribution < 1.29 is 9.59 Å². The van der Waals surface area contributed by atoms with Crippen molar-refractivity contribution in [3.63, 3.8) is 0 Å². The minimum atomic E-state index is -0.379. The predicted octanol–water partition coefficient (Wildman–Crippen LogP) is 3.14. The molecule has 1 atom stereocenters. The highest BCUT2D eigenvalue weighted by molar-refractivity contribution is 9.10. The van der Waals surface area contributed by atoms with Crippen LogP contribution in [0.4, 0.5) is 11.5 Å². The Morgan fingerprint density at radius 3 is 2.83 bits per heavy atom. The lowest BCUT2D eigenvalue weighted by molar-refractivity contribution is -0.122. The molecule has 2 heterocycles. The Bertz CT molecular complexity index is 763. The van der Waals surface area contributed by atoms with Crippen molar-refractivity contribution >= 4 is 39.2 Å². The summed E-state index contributed by atoms with van der Waals surface area (Å²) in [4.78, 5) is 30.5. The molecule has 0 aliphatic carbocycles. The number of aryl methyl sites for hydroxylation is 1. The number of nitrogens with one attached hydrogen (secondary N) is 1. The molecule has 1 N–H and O–H groups in total. The highest BCUT2D eigenvalue weighted by Crippen LogP contribution is 2.31. The molecule has 0 saturated carbocycles. The van der Waals surface area contributed by atoms with Gasteiger partial charge in [0.05, 0.1) is 11.6 Å². The number of benzene rings is 1. The molecule has 0 spiro atoms. The van der Waals surface area contributed by atoms with Crippen LogP contribution in [0.1, 0.15) is 12.0 Å². The van der Waals surface area contributed by atoms with Gasteiger partial charge in [0.25, 0.3) is 0 Å². The fourth-order valence-corrected chi connectivity index (χ4v) is 3.12. The molecule has 118 valence electrons. The van der Waals surface area contributed by atoms with Crippen LogP contribution in [0, 0.1) is 12.8 Å². The van der Waals surface area contributed by atoms with E-state index in [0.717, 1.165) is 15.7 Å². The first-order chi connectivity index (χ1) is 11.1. The van der Waals surface area contributed by atoms with Gasteiger partial charge in [-0.2, -0.15) is 0 Å². The normalized spacial score (nSPS) is 17.4. The zero-order valence-corrected chi connectivity index (χ0v) is 14.2. The number of nitrogens with zero attached hydrogens (tertiary/aromatic N) is 2. The minimum Gasteiger partial charge on any atom is -0.310 e. The van der Waals surface area contributed by atoms with Gasteiger partial charge >= 0.3 is 0 Å². The van der Waals surface area contributed by atoms with E-state index in [9.17, 15) is 9.59 Å². The molecule has 1 saturated heterocycles. The monoisotopic (exact) mass is 373 g/mol. The van der Waals surface area contributed by atoms with Gasteiger partial charge in [0, 0.05) is 23.6 Å². The second-order valence-corrected chi connectivity index (χ2v) is 6.37. The predicted molar refractivity (Wildman–Crippen MR) is 92.2 cm³/mol. The van der Waals surface area contributed by atoms with Crippen LogP contribution < -0.4 is 10.2 Å². The molecule has 1 aliphatic rings. The van der Waals surface area contributed by atoms with Gasteiger partial charge in [0.1, 0.15) is 5.82 Å². The van der Waals surface area contributed by atoms with E-state index >= 15 is 0 Å². The highest BCUT2D eigenvalue weighted by Gasteiger charge is 2.36. The van der Waals surface area contributed by atoms with Gasteiger partial charge in [-0.25, -0.2) is 4.98 Å². The molecule has 0 unspecified atom stereocenters. The Balaban J connectivity index is 1.74. The molecule has 1 aromatic heterocycles. The van der Waals surface area contributed by atoms with E-state index in [-0.39, 0.29) is 24.2 Å². The summed E-state index contributed by atoms with van der Waals surface area (Å²) in [6.07, 6.45) is 1.84. The van der Waals surface area contributed by atoms with Crippen LogP contribution in [0.2, 0.25) is 0 Å². The molecule has 2 aromatic rings. The number of halogens is 1. The van der Waals surface area contributed by atoms with Gasteiger partial charge in [0.2, 0.25) is 11.8 Å². The summed E-state index contributed by atoms with van der Waals surface area (Å²) in [5, 5.41) is 2.82. The van der Waals surface area contributed by atoms with Crippen molar-refractivity contribution in [1.29, 1.82) is 0 Å². The van der Waals surface area contributed by atoms with E-state index in [1.807, 2.05) is 43.3 Å². The zero-order valence-electron chi connectivity index (χ0n) is 12.6. The summed E-state index contributed by atoms with van der Waals surface area (Å²) < 4.78 is 0.843. The van der Waals surface area contributed by atoms with Crippen molar-refractivity contribution in [1.82, 2.24) is 4.98 Å². The number of hydrogen-bond acceptors (Lipinski definition) is 3. The van der Waals surface area contributed by atoms with Crippen molar-refractivity contribution in [3.8, 4) is 0 Å². The number of aromatic nitrogens is 1. The fourth-order valence-electron chi connectivity index (χ4n) is 2.62. The number of hydrogen-bond donors (Lipinski definition) is 1. The number of carbonyl (C=O) groups excluding carboxylic acids is 2. The number of anilines is 2. The summed E-state index contributed by atoms with van der Waals surface area (Å²) in [5.74, 6) is -0.0511. The molecular weight excluding hydrogens is 358 g/mol. The summed E-state index contributed by atoms with van der Waals surface area (Å²) in [7, 11) is 0. The molecular formula is C17H16BrN3O2. The maximum absolute atomic E-state index is 12.4. The number of carbonyl (C=O) groups is 2. The molecule has 6 heteroatoms. The Hall–Kier alpha value is -2.21. The minimum absolute atomic E-state index is 0.0465. The van der Waals surface area contributed by atoms with E-state index in [0.29, 0.717) is 12.4 Å². The van der Waals surface area contributed by atoms with E-state index in [1.54, 1.807) is 11.1 Å². The smallest absolute Gasteiger partial charge is 0.230 e. The van der Waals surface area contributed by atoms with Crippen LogP contribution in [0.25, 0.3) is 0 Å². The molecule has 2 amide bonds. The van der Waals surface area contributed by atoms with E-state index in [2.05, 4.69) is 26.2 Å².